The lowest BCUT2D eigenvalue weighted by atomic mass is 10.1. The van der Waals surface area contributed by atoms with Crippen molar-refractivity contribution in [1.82, 2.24) is 14.9 Å². The highest BCUT2D eigenvalue weighted by Crippen LogP contribution is 2.21. The number of hydrogen-bond acceptors (Lipinski definition) is 5. The largest absolute Gasteiger partial charge is 0.390 e. The van der Waals surface area contributed by atoms with Gasteiger partial charge in [-0.1, -0.05) is 12.5 Å². The number of para-hydroxylation sites is 1. The molecule has 1 fully saturated rings. The van der Waals surface area contributed by atoms with Crippen molar-refractivity contribution in [1.29, 1.82) is 0 Å². The quantitative estimate of drug-likeness (QED) is 0.885. The summed E-state index contributed by atoms with van der Waals surface area (Å²) in [5.74, 6) is 0.194. The highest BCUT2D eigenvalue weighted by atomic mass is 19.1. The summed E-state index contributed by atoms with van der Waals surface area (Å²) in [5.41, 5.74) is 0.297. The molecule has 2 heterocycles. The van der Waals surface area contributed by atoms with Gasteiger partial charge in [-0.3, -0.25) is 0 Å². The van der Waals surface area contributed by atoms with Gasteiger partial charge in [-0.05, 0) is 38.1 Å². The molecular formula is C16H21FN4O. The van der Waals surface area contributed by atoms with E-state index in [1.165, 1.54) is 31.7 Å². The van der Waals surface area contributed by atoms with Crippen LogP contribution in [0.1, 0.15) is 19.3 Å². The number of aliphatic hydroxyl groups is 1. The molecule has 1 unspecified atom stereocenters. The zero-order valence-electron chi connectivity index (χ0n) is 12.5. The lowest BCUT2D eigenvalue weighted by Gasteiger charge is -2.28. The van der Waals surface area contributed by atoms with Gasteiger partial charge in [0.05, 0.1) is 6.10 Å². The Labute approximate surface area is 129 Å². The van der Waals surface area contributed by atoms with Crippen LogP contribution in [0.4, 0.5) is 10.2 Å². The van der Waals surface area contributed by atoms with Crippen LogP contribution in [0, 0.1) is 5.82 Å². The van der Waals surface area contributed by atoms with Gasteiger partial charge in [0.25, 0.3) is 0 Å². The Morgan fingerprint density at radius 3 is 2.86 bits per heavy atom. The molecule has 2 N–H and O–H groups in total. The fourth-order valence-corrected chi connectivity index (χ4v) is 2.91. The van der Waals surface area contributed by atoms with Crippen LogP contribution in [-0.2, 0) is 0 Å². The SMILES string of the molecule is OC(CNc1ncnc2c(F)cccc12)CN1CCCCC1. The molecule has 5 nitrogen and oxygen atoms in total. The fourth-order valence-electron chi connectivity index (χ4n) is 2.91. The number of benzene rings is 1. The third-order valence-corrected chi connectivity index (χ3v) is 4.04. The number of piperidine rings is 1. The molecule has 0 aliphatic carbocycles. The molecule has 1 aromatic carbocycles. The van der Waals surface area contributed by atoms with Crippen molar-refractivity contribution in [3.63, 3.8) is 0 Å². The maximum absolute atomic E-state index is 13.7. The maximum atomic E-state index is 13.7. The van der Waals surface area contributed by atoms with Gasteiger partial charge in [0, 0.05) is 18.5 Å². The fraction of sp³-hybridized carbons (Fsp3) is 0.500. The molecule has 1 atom stereocenters. The number of β-amino-alcohol motifs (C(OH)–C–C–N with tert-alkyl or cyclic N) is 1. The lowest BCUT2D eigenvalue weighted by molar-refractivity contribution is 0.109. The molecule has 118 valence electrons. The molecule has 0 amide bonds. The number of nitrogens with one attached hydrogen (secondary N) is 1. The highest BCUT2D eigenvalue weighted by molar-refractivity contribution is 5.89. The van der Waals surface area contributed by atoms with Crippen LogP contribution in [0.15, 0.2) is 24.5 Å². The van der Waals surface area contributed by atoms with Crippen LogP contribution < -0.4 is 5.32 Å². The highest BCUT2D eigenvalue weighted by Gasteiger charge is 2.15. The molecule has 22 heavy (non-hydrogen) atoms. The first-order chi connectivity index (χ1) is 10.7. The van der Waals surface area contributed by atoms with E-state index in [1.807, 2.05) is 0 Å². The Morgan fingerprint density at radius 2 is 2.05 bits per heavy atom. The summed E-state index contributed by atoms with van der Waals surface area (Å²) in [6.07, 6.45) is 4.55. The number of likely N-dealkylation sites (tertiary alicyclic amines) is 1. The zero-order valence-corrected chi connectivity index (χ0v) is 12.5. The molecule has 0 spiro atoms. The molecule has 1 aromatic heterocycles. The Kier molecular flexibility index (Phi) is 4.80. The third kappa shape index (κ3) is 3.51. The second kappa shape index (κ2) is 6.98. The molecule has 1 aliphatic rings. The summed E-state index contributed by atoms with van der Waals surface area (Å²) in [6, 6.07) is 4.79. The van der Waals surface area contributed by atoms with Crippen molar-refractivity contribution in [3.05, 3.63) is 30.3 Å². The molecular weight excluding hydrogens is 283 g/mol. The van der Waals surface area contributed by atoms with Crippen molar-refractivity contribution in [3.8, 4) is 0 Å². The second-order valence-electron chi connectivity index (χ2n) is 5.75. The monoisotopic (exact) mass is 304 g/mol. The van der Waals surface area contributed by atoms with Crippen LogP contribution in [0.25, 0.3) is 10.9 Å². The number of rotatable bonds is 5. The van der Waals surface area contributed by atoms with E-state index in [1.54, 1.807) is 12.1 Å². The van der Waals surface area contributed by atoms with Gasteiger partial charge < -0.3 is 15.3 Å². The zero-order chi connectivity index (χ0) is 15.4. The molecule has 3 rings (SSSR count). The van der Waals surface area contributed by atoms with Crippen molar-refractivity contribution in [2.24, 2.45) is 0 Å². The van der Waals surface area contributed by atoms with Crippen LogP contribution in [-0.4, -0.2) is 52.3 Å². The van der Waals surface area contributed by atoms with Crippen molar-refractivity contribution in [2.45, 2.75) is 25.4 Å². The predicted octanol–water partition coefficient (Wildman–Crippen LogP) is 2.03. The molecule has 2 aromatic rings. The number of anilines is 1. The van der Waals surface area contributed by atoms with Gasteiger partial charge in [0.1, 0.15) is 23.5 Å². The van der Waals surface area contributed by atoms with Crippen molar-refractivity contribution in [2.75, 3.05) is 31.5 Å². The standard InChI is InChI=1S/C16H21FN4O/c17-14-6-4-5-13-15(14)19-11-20-16(13)18-9-12(22)10-21-7-2-1-3-8-21/h4-6,11-12,22H,1-3,7-10H2,(H,18,19,20). The summed E-state index contributed by atoms with van der Waals surface area (Å²) < 4.78 is 13.7. The van der Waals surface area contributed by atoms with Gasteiger partial charge in [0.2, 0.25) is 0 Å². The molecule has 0 bridgehead atoms. The van der Waals surface area contributed by atoms with Gasteiger partial charge in [-0.15, -0.1) is 0 Å². The summed E-state index contributed by atoms with van der Waals surface area (Å²) >= 11 is 0. The van der Waals surface area contributed by atoms with E-state index in [-0.39, 0.29) is 5.82 Å². The summed E-state index contributed by atoms with van der Waals surface area (Å²) in [6.45, 7) is 3.15. The summed E-state index contributed by atoms with van der Waals surface area (Å²) in [4.78, 5) is 10.4. The Morgan fingerprint density at radius 1 is 1.23 bits per heavy atom. The topological polar surface area (TPSA) is 61.3 Å². The number of aromatic nitrogens is 2. The third-order valence-electron chi connectivity index (χ3n) is 4.04. The van der Waals surface area contributed by atoms with Gasteiger partial charge in [0.15, 0.2) is 0 Å². The van der Waals surface area contributed by atoms with E-state index >= 15 is 0 Å². The number of fused-ring (bicyclic) bond motifs is 1. The Bertz CT molecular complexity index is 631. The number of aliphatic hydroxyl groups excluding tert-OH is 1. The number of nitrogens with zero attached hydrogens (tertiary/aromatic N) is 3. The summed E-state index contributed by atoms with van der Waals surface area (Å²) in [7, 11) is 0. The normalized spacial score (nSPS) is 17.5. The minimum Gasteiger partial charge on any atom is -0.390 e. The van der Waals surface area contributed by atoms with E-state index in [0.29, 0.717) is 29.8 Å². The average Bonchev–Trinajstić information content (AvgIpc) is 2.54. The second-order valence-corrected chi connectivity index (χ2v) is 5.75. The minimum absolute atomic E-state index is 0.297. The van der Waals surface area contributed by atoms with E-state index < -0.39 is 6.10 Å². The lowest BCUT2D eigenvalue weighted by Crippen LogP contribution is -2.39. The maximum Gasteiger partial charge on any atom is 0.149 e. The predicted molar refractivity (Wildman–Crippen MR) is 84.3 cm³/mol. The van der Waals surface area contributed by atoms with E-state index in [2.05, 4.69) is 20.2 Å². The smallest absolute Gasteiger partial charge is 0.149 e. The molecule has 0 saturated carbocycles. The first-order valence-corrected chi connectivity index (χ1v) is 7.77. The Hall–Kier alpha value is -1.79. The van der Waals surface area contributed by atoms with Crippen LogP contribution >= 0.6 is 0 Å². The van der Waals surface area contributed by atoms with Crippen LogP contribution in [0.5, 0.6) is 0 Å². The van der Waals surface area contributed by atoms with Gasteiger partial charge in [-0.2, -0.15) is 0 Å². The molecule has 1 saturated heterocycles. The minimum atomic E-state index is -0.475. The van der Waals surface area contributed by atoms with Crippen LogP contribution in [0.3, 0.4) is 0 Å². The van der Waals surface area contributed by atoms with Crippen molar-refractivity contribution >= 4 is 16.7 Å². The van der Waals surface area contributed by atoms with E-state index in [9.17, 15) is 9.50 Å². The first-order valence-electron chi connectivity index (χ1n) is 7.77. The number of hydrogen-bond donors (Lipinski definition) is 2. The van der Waals surface area contributed by atoms with E-state index in [0.717, 1.165) is 13.1 Å². The molecule has 6 heteroatoms. The molecule has 1 aliphatic heterocycles. The van der Waals surface area contributed by atoms with Gasteiger partial charge >= 0.3 is 0 Å². The Balaban J connectivity index is 1.62. The van der Waals surface area contributed by atoms with E-state index in [4.69, 9.17) is 0 Å². The average molecular weight is 304 g/mol. The number of halogens is 1. The molecule has 0 radical (unpaired) electrons. The van der Waals surface area contributed by atoms with Crippen LogP contribution in [0.2, 0.25) is 0 Å². The van der Waals surface area contributed by atoms with Gasteiger partial charge in [-0.25, -0.2) is 14.4 Å². The first kappa shape index (κ1) is 15.1. The summed E-state index contributed by atoms with van der Waals surface area (Å²) in [5, 5.41) is 13.9. The van der Waals surface area contributed by atoms with Crippen molar-refractivity contribution < 1.29 is 9.50 Å².